The second-order valence-electron chi connectivity index (χ2n) is 9.22. The Balaban J connectivity index is 1.67. The van der Waals surface area contributed by atoms with Crippen LogP contribution in [0.15, 0.2) is 60.7 Å². The molecule has 0 bridgehead atoms. The Bertz CT molecular complexity index is 1340. The third-order valence-corrected chi connectivity index (χ3v) is 7.86. The number of nitrogens with zero attached hydrogens (tertiary/aromatic N) is 2. The fourth-order valence-electron chi connectivity index (χ4n) is 4.54. The van der Waals surface area contributed by atoms with E-state index < -0.39 is 10.6 Å². The molecule has 10 heteroatoms. The van der Waals surface area contributed by atoms with Gasteiger partial charge in [-0.2, -0.15) is 0 Å². The summed E-state index contributed by atoms with van der Waals surface area (Å²) < 4.78 is 6.67. The number of rotatable bonds is 8. The molecule has 1 N–H and O–H groups in total. The van der Waals surface area contributed by atoms with Gasteiger partial charge in [-0.05, 0) is 42.7 Å². The maximum absolute atomic E-state index is 13.9. The number of carbonyl (C=O) groups is 1. The Morgan fingerprint density at radius 1 is 1.00 bits per heavy atom. The largest absolute Gasteiger partial charge is 0.396 e. The van der Waals surface area contributed by atoms with Gasteiger partial charge in [0.05, 0.1) is 28.2 Å². The molecule has 1 atom stereocenters. The molecule has 1 amide bonds. The van der Waals surface area contributed by atoms with Crippen LogP contribution in [0.3, 0.4) is 0 Å². The van der Waals surface area contributed by atoms with Crippen molar-refractivity contribution in [1.29, 1.82) is 0 Å². The maximum Gasteiger partial charge on any atom is 0.269 e. The van der Waals surface area contributed by atoms with Crippen molar-refractivity contribution in [1.82, 2.24) is 4.90 Å². The molecule has 5 rings (SSSR count). The van der Waals surface area contributed by atoms with Crippen LogP contribution < -0.4 is 0 Å². The number of benzene rings is 3. The zero-order valence-electron chi connectivity index (χ0n) is 18.9. The zero-order valence-corrected chi connectivity index (χ0v) is 21.2. The number of nitro benzene ring substituents is 1. The molecule has 186 valence electrons. The highest BCUT2D eigenvalue weighted by Crippen LogP contribution is 2.52. The van der Waals surface area contributed by atoms with E-state index in [2.05, 4.69) is 0 Å². The standard InChI is InChI=1S/C26H21Cl3N2O5/c27-18-5-3-17(4-6-18)26(36-15-25(14-32)9-10-25)21-12-23(29)22(28)11-20(21)24(33)30(26)13-16-1-7-19(8-2-16)31(34)35/h1-8,11-12,32H,9-10,13-15H2. The lowest BCUT2D eigenvalue weighted by Gasteiger charge is -2.40. The Labute approximate surface area is 222 Å². The number of ether oxygens (including phenoxy) is 1. The summed E-state index contributed by atoms with van der Waals surface area (Å²) in [5.41, 5.74) is 0.373. The number of hydrogen-bond donors (Lipinski definition) is 1. The van der Waals surface area contributed by atoms with E-state index in [1.54, 1.807) is 47.4 Å². The van der Waals surface area contributed by atoms with Gasteiger partial charge in [0, 0.05) is 45.8 Å². The Morgan fingerprint density at radius 2 is 1.64 bits per heavy atom. The van der Waals surface area contributed by atoms with E-state index in [1.165, 1.54) is 18.2 Å². The van der Waals surface area contributed by atoms with Crippen LogP contribution in [0.25, 0.3) is 0 Å². The van der Waals surface area contributed by atoms with Gasteiger partial charge in [0.25, 0.3) is 11.6 Å². The van der Waals surface area contributed by atoms with Crippen molar-refractivity contribution in [3.8, 4) is 0 Å². The molecule has 1 unspecified atom stereocenters. The van der Waals surface area contributed by atoms with Gasteiger partial charge in [0.15, 0.2) is 5.72 Å². The van der Waals surface area contributed by atoms with E-state index >= 15 is 0 Å². The first-order chi connectivity index (χ1) is 17.2. The highest BCUT2D eigenvalue weighted by atomic mass is 35.5. The fourth-order valence-corrected chi connectivity index (χ4v) is 4.99. The predicted molar refractivity (Wildman–Crippen MR) is 136 cm³/mol. The van der Waals surface area contributed by atoms with E-state index in [-0.39, 0.29) is 46.8 Å². The van der Waals surface area contributed by atoms with E-state index in [0.717, 1.165) is 12.8 Å². The van der Waals surface area contributed by atoms with Gasteiger partial charge in [-0.25, -0.2) is 0 Å². The lowest BCUT2D eigenvalue weighted by molar-refractivity contribution is -0.384. The van der Waals surface area contributed by atoms with Crippen molar-refractivity contribution < 1.29 is 19.6 Å². The minimum Gasteiger partial charge on any atom is -0.396 e. The molecule has 1 heterocycles. The Kier molecular flexibility index (Phi) is 6.47. The van der Waals surface area contributed by atoms with Crippen molar-refractivity contribution >= 4 is 46.4 Å². The minimum atomic E-state index is -1.39. The summed E-state index contributed by atoms with van der Waals surface area (Å²) in [6.07, 6.45) is 1.62. The number of carbonyl (C=O) groups excluding carboxylic acids is 1. The minimum absolute atomic E-state index is 0.0335. The van der Waals surface area contributed by atoms with Crippen molar-refractivity contribution in [2.75, 3.05) is 13.2 Å². The number of aliphatic hydroxyl groups is 1. The molecule has 1 aliphatic heterocycles. The second-order valence-corrected chi connectivity index (χ2v) is 10.5. The monoisotopic (exact) mass is 546 g/mol. The van der Waals surface area contributed by atoms with Crippen molar-refractivity contribution in [3.63, 3.8) is 0 Å². The third-order valence-electron chi connectivity index (χ3n) is 6.88. The molecule has 0 saturated heterocycles. The first kappa shape index (κ1) is 25.0. The number of fused-ring (bicyclic) bond motifs is 1. The molecule has 3 aromatic rings. The summed E-state index contributed by atoms with van der Waals surface area (Å²) in [7, 11) is 0. The van der Waals surface area contributed by atoms with Gasteiger partial charge in [-0.3, -0.25) is 19.8 Å². The van der Waals surface area contributed by atoms with Crippen LogP contribution in [0, 0.1) is 15.5 Å². The fraction of sp³-hybridized carbons (Fsp3) is 0.269. The normalized spacial score (nSPS) is 19.9. The SMILES string of the molecule is O=C1c2cc(Cl)c(Cl)cc2C(OCC2(CO)CC2)(c2ccc(Cl)cc2)N1Cc1ccc([N+](=O)[O-])cc1. The number of aliphatic hydroxyl groups excluding tert-OH is 1. The summed E-state index contributed by atoms with van der Waals surface area (Å²) in [4.78, 5) is 26.1. The van der Waals surface area contributed by atoms with Crippen LogP contribution in [0.1, 0.15) is 39.9 Å². The zero-order chi connectivity index (χ0) is 25.7. The van der Waals surface area contributed by atoms with Gasteiger partial charge in [0.2, 0.25) is 0 Å². The first-order valence-electron chi connectivity index (χ1n) is 11.2. The van der Waals surface area contributed by atoms with Gasteiger partial charge in [-0.1, -0.05) is 59.1 Å². The highest BCUT2D eigenvalue weighted by molar-refractivity contribution is 6.42. The number of halogens is 3. The summed E-state index contributed by atoms with van der Waals surface area (Å²) in [6.45, 7) is 0.263. The topological polar surface area (TPSA) is 92.9 Å². The number of nitro groups is 1. The van der Waals surface area contributed by atoms with Gasteiger partial charge < -0.3 is 9.84 Å². The summed E-state index contributed by atoms with van der Waals surface area (Å²) >= 11 is 18.9. The molecule has 0 spiro atoms. The molecule has 0 radical (unpaired) electrons. The lowest BCUT2D eigenvalue weighted by Crippen LogP contribution is -2.47. The van der Waals surface area contributed by atoms with E-state index in [0.29, 0.717) is 27.3 Å². The Morgan fingerprint density at radius 3 is 2.22 bits per heavy atom. The molecular weight excluding hydrogens is 527 g/mol. The predicted octanol–water partition coefficient (Wildman–Crippen LogP) is 6.20. The van der Waals surface area contributed by atoms with Crippen LogP contribution in [0.4, 0.5) is 5.69 Å². The molecular formula is C26H21Cl3N2O5. The summed E-state index contributed by atoms with van der Waals surface area (Å²) in [5, 5.41) is 22.1. The third kappa shape index (κ3) is 4.25. The lowest BCUT2D eigenvalue weighted by atomic mass is 9.92. The van der Waals surface area contributed by atoms with Crippen LogP contribution in [-0.4, -0.2) is 34.1 Å². The van der Waals surface area contributed by atoms with Gasteiger partial charge in [0.1, 0.15) is 0 Å². The molecule has 2 aliphatic rings. The van der Waals surface area contributed by atoms with Crippen LogP contribution in [-0.2, 0) is 17.0 Å². The summed E-state index contributed by atoms with van der Waals surface area (Å²) in [5.74, 6) is -0.328. The van der Waals surface area contributed by atoms with Crippen molar-refractivity contribution in [2.24, 2.45) is 5.41 Å². The van der Waals surface area contributed by atoms with E-state index in [1.807, 2.05) is 0 Å². The smallest absolute Gasteiger partial charge is 0.269 e. The molecule has 7 nitrogen and oxygen atoms in total. The second kappa shape index (κ2) is 9.32. The number of non-ortho nitro benzene ring substituents is 1. The summed E-state index contributed by atoms with van der Waals surface area (Å²) in [6, 6.07) is 16.2. The Hall–Kier alpha value is -2.68. The first-order valence-corrected chi connectivity index (χ1v) is 12.4. The highest BCUT2D eigenvalue weighted by Gasteiger charge is 2.55. The average molecular weight is 548 g/mol. The number of hydrogen-bond acceptors (Lipinski definition) is 5. The quantitative estimate of drug-likeness (QED) is 0.268. The molecule has 3 aromatic carbocycles. The maximum atomic E-state index is 13.9. The number of amides is 1. The van der Waals surface area contributed by atoms with E-state index in [4.69, 9.17) is 39.5 Å². The van der Waals surface area contributed by atoms with Crippen LogP contribution >= 0.6 is 34.8 Å². The molecule has 1 fully saturated rings. The van der Waals surface area contributed by atoms with Gasteiger partial charge in [-0.15, -0.1) is 0 Å². The van der Waals surface area contributed by atoms with Crippen LogP contribution in [0.2, 0.25) is 15.1 Å². The van der Waals surface area contributed by atoms with Gasteiger partial charge >= 0.3 is 0 Å². The molecule has 1 saturated carbocycles. The van der Waals surface area contributed by atoms with E-state index in [9.17, 15) is 20.0 Å². The average Bonchev–Trinajstić information content (AvgIpc) is 3.62. The molecule has 36 heavy (non-hydrogen) atoms. The van der Waals surface area contributed by atoms with Crippen molar-refractivity contribution in [3.05, 3.63) is 108 Å². The molecule has 1 aliphatic carbocycles. The van der Waals surface area contributed by atoms with Crippen LogP contribution in [0.5, 0.6) is 0 Å². The molecule has 0 aromatic heterocycles. The van der Waals surface area contributed by atoms with Crippen molar-refractivity contribution in [2.45, 2.75) is 25.1 Å².